The molecule has 1 aromatic heterocycles. The van der Waals surface area contributed by atoms with Gasteiger partial charge in [-0.2, -0.15) is 5.10 Å². The molecule has 0 spiro atoms. The molecule has 0 saturated carbocycles. The number of nitrogen functional groups attached to an aromatic ring is 1. The summed E-state index contributed by atoms with van der Waals surface area (Å²) in [7, 11) is 0. The highest BCUT2D eigenvalue weighted by molar-refractivity contribution is 5.98. The van der Waals surface area contributed by atoms with Gasteiger partial charge in [-0.05, 0) is 6.42 Å². The standard InChI is InChI=1S/C8H13N5O/c9-5-1-2-13(4-5)8(14)6-3-11-12-7(6)10/h3,5H,1-2,4,9H2,(H3,10,11,12). The summed E-state index contributed by atoms with van der Waals surface area (Å²) in [4.78, 5) is 13.5. The summed E-state index contributed by atoms with van der Waals surface area (Å²) < 4.78 is 0. The van der Waals surface area contributed by atoms with E-state index in [0.29, 0.717) is 24.5 Å². The highest BCUT2D eigenvalue weighted by Gasteiger charge is 2.26. The second-order valence-corrected chi connectivity index (χ2v) is 3.50. The molecule has 6 nitrogen and oxygen atoms in total. The van der Waals surface area contributed by atoms with E-state index in [2.05, 4.69) is 10.2 Å². The summed E-state index contributed by atoms with van der Waals surface area (Å²) in [6.07, 6.45) is 2.30. The molecule has 1 aliphatic rings. The molecule has 0 aliphatic carbocycles. The molecule has 1 atom stereocenters. The first-order valence-corrected chi connectivity index (χ1v) is 4.52. The number of anilines is 1. The summed E-state index contributed by atoms with van der Waals surface area (Å²) in [6.45, 7) is 1.30. The minimum Gasteiger partial charge on any atom is -0.383 e. The summed E-state index contributed by atoms with van der Waals surface area (Å²) in [5, 5.41) is 6.24. The van der Waals surface area contributed by atoms with Crippen molar-refractivity contribution in [1.29, 1.82) is 0 Å². The molecule has 1 aliphatic heterocycles. The van der Waals surface area contributed by atoms with E-state index in [1.165, 1.54) is 6.20 Å². The van der Waals surface area contributed by atoms with Crippen molar-refractivity contribution < 1.29 is 4.79 Å². The van der Waals surface area contributed by atoms with E-state index in [1.807, 2.05) is 0 Å². The Morgan fingerprint density at radius 2 is 2.50 bits per heavy atom. The number of aromatic amines is 1. The number of nitrogens with zero attached hydrogens (tertiary/aromatic N) is 2. The molecule has 0 bridgehead atoms. The number of nitrogens with one attached hydrogen (secondary N) is 1. The Labute approximate surface area is 81.2 Å². The van der Waals surface area contributed by atoms with Gasteiger partial charge in [-0.15, -0.1) is 0 Å². The van der Waals surface area contributed by atoms with Gasteiger partial charge in [-0.3, -0.25) is 9.89 Å². The van der Waals surface area contributed by atoms with E-state index in [0.717, 1.165) is 6.42 Å². The molecule has 0 aromatic carbocycles. The van der Waals surface area contributed by atoms with Crippen LogP contribution in [0.15, 0.2) is 6.20 Å². The van der Waals surface area contributed by atoms with Crippen LogP contribution >= 0.6 is 0 Å². The maximum Gasteiger partial charge on any atom is 0.259 e. The Hall–Kier alpha value is -1.56. The minimum absolute atomic E-state index is 0.0899. The number of carbonyl (C=O) groups excluding carboxylic acids is 1. The highest BCUT2D eigenvalue weighted by Crippen LogP contribution is 2.14. The van der Waals surface area contributed by atoms with Crippen LogP contribution in [0.2, 0.25) is 0 Å². The Kier molecular flexibility index (Phi) is 2.12. The second-order valence-electron chi connectivity index (χ2n) is 3.50. The first-order chi connectivity index (χ1) is 6.68. The van der Waals surface area contributed by atoms with Crippen LogP contribution in [-0.4, -0.2) is 40.1 Å². The van der Waals surface area contributed by atoms with Gasteiger partial charge in [0.05, 0.1) is 6.20 Å². The second kappa shape index (κ2) is 3.30. The molecule has 2 heterocycles. The average Bonchev–Trinajstić information content (AvgIpc) is 2.73. The molecular formula is C8H13N5O. The Balaban J connectivity index is 2.13. The molecule has 5 N–H and O–H groups in total. The summed E-state index contributed by atoms with van der Waals surface area (Å²) >= 11 is 0. The molecule has 76 valence electrons. The van der Waals surface area contributed by atoms with E-state index < -0.39 is 0 Å². The number of aromatic nitrogens is 2. The molecule has 14 heavy (non-hydrogen) atoms. The number of nitrogens with two attached hydrogens (primary N) is 2. The lowest BCUT2D eigenvalue weighted by Gasteiger charge is -2.14. The number of H-pyrrole nitrogens is 1. The van der Waals surface area contributed by atoms with Crippen molar-refractivity contribution in [3.63, 3.8) is 0 Å². The van der Waals surface area contributed by atoms with Gasteiger partial charge in [0, 0.05) is 19.1 Å². The zero-order valence-corrected chi connectivity index (χ0v) is 7.73. The van der Waals surface area contributed by atoms with E-state index in [1.54, 1.807) is 4.90 Å². The third-order valence-corrected chi connectivity index (χ3v) is 2.41. The van der Waals surface area contributed by atoms with Crippen LogP contribution in [0.25, 0.3) is 0 Å². The third-order valence-electron chi connectivity index (χ3n) is 2.41. The predicted molar refractivity (Wildman–Crippen MR) is 51.5 cm³/mol. The molecule has 1 unspecified atom stereocenters. The minimum atomic E-state index is -0.0933. The maximum atomic E-state index is 11.8. The fraction of sp³-hybridized carbons (Fsp3) is 0.500. The molecule has 1 aromatic rings. The molecule has 1 amide bonds. The van der Waals surface area contributed by atoms with E-state index in [4.69, 9.17) is 11.5 Å². The fourth-order valence-electron chi connectivity index (χ4n) is 1.61. The molecule has 2 rings (SSSR count). The first kappa shape index (κ1) is 9.01. The largest absolute Gasteiger partial charge is 0.383 e. The van der Waals surface area contributed by atoms with Crippen LogP contribution in [0.1, 0.15) is 16.8 Å². The van der Waals surface area contributed by atoms with Gasteiger partial charge in [-0.25, -0.2) is 0 Å². The van der Waals surface area contributed by atoms with Gasteiger partial charge in [0.15, 0.2) is 0 Å². The number of amides is 1. The van der Waals surface area contributed by atoms with Crippen LogP contribution < -0.4 is 11.5 Å². The molecular weight excluding hydrogens is 182 g/mol. The van der Waals surface area contributed by atoms with Gasteiger partial charge in [-0.1, -0.05) is 0 Å². The van der Waals surface area contributed by atoms with Crippen LogP contribution in [0.5, 0.6) is 0 Å². The lowest BCUT2D eigenvalue weighted by Crippen LogP contribution is -2.32. The van der Waals surface area contributed by atoms with E-state index in [9.17, 15) is 4.79 Å². The predicted octanol–water partition coefficient (Wildman–Crippen LogP) is -0.835. The van der Waals surface area contributed by atoms with Crippen LogP contribution in [-0.2, 0) is 0 Å². The van der Waals surface area contributed by atoms with E-state index >= 15 is 0 Å². The molecule has 0 radical (unpaired) electrons. The van der Waals surface area contributed by atoms with Gasteiger partial charge in [0.2, 0.25) is 0 Å². The summed E-state index contributed by atoms with van der Waals surface area (Å²) in [5.41, 5.74) is 11.7. The van der Waals surface area contributed by atoms with Crippen molar-refractivity contribution in [3.8, 4) is 0 Å². The molecule has 1 fully saturated rings. The average molecular weight is 195 g/mol. The Bertz CT molecular complexity index is 347. The Morgan fingerprint density at radius 3 is 3.00 bits per heavy atom. The molecule has 1 saturated heterocycles. The number of hydrogen-bond acceptors (Lipinski definition) is 4. The lowest BCUT2D eigenvalue weighted by molar-refractivity contribution is 0.0792. The number of carbonyl (C=O) groups is 1. The number of rotatable bonds is 1. The maximum absolute atomic E-state index is 11.8. The van der Waals surface area contributed by atoms with Crippen LogP contribution in [0.4, 0.5) is 5.82 Å². The first-order valence-electron chi connectivity index (χ1n) is 4.52. The van der Waals surface area contributed by atoms with Crippen molar-refractivity contribution in [2.75, 3.05) is 18.8 Å². The van der Waals surface area contributed by atoms with Gasteiger partial charge in [0.25, 0.3) is 5.91 Å². The number of hydrogen-bond donors (Lipinski definition) is 3. The number of likely N-dealkylation sites (tertiary alicyclic amines) is 1. The highest BCUT2D eigenvalue weighted by atomic mass is 16.2. The van der Waals surface area contributed by atoms with Crippen LogP contribution in [0.3, 0.4) is 0 Å². The quantitative estimate of drug-likeness (QED) is 0.544. The van der Waals surface area contributed by atoms with Crippen LogP contribution in [0, 0.1) is 0 Å². The van der Waals surface area contributed by atoms with Crippen molar-refractivity contribution in [3.05, 3.63) is 11.8 Å². The van der Waals surface area contributed by atoms with Gasteiger partial charge in [0.1, 0.15) is 11.4 Å². The SMILES string of the molecule is Nc1[nH]ncc1C(=O)N1CCC(N)C1. The third kappa shape index (κ3) is 1.44. The topological polar surface area (TPSA) is 101 Å². The normalized spacial score (nSPS) is 21.5. The fourth-order valence-corrected chi connectivity index (χ4v) is 1.61. The summed E-state index contributed by atoms with van der Waals surface area (Å²) in [6, 6.07) is 0.0899. The smallest absolute Gasteiger partial charge is 0.259 e. The van der Waals surface area contributed by atoms with Gasteiger partial charge >= 0.3 is 0 Å². The zero-order valence-electron chi connectivity index (χ0n) is 7.73. The lowest BCUT2D eigenvalue weighted by atomic mass is 10.3. The monoisotopic (exact) mass is 195 g/mol. The molecule has 6 heteroatoms. The Morgan fingerprint density at radius 1 is 1.71 bits per heavy atom. The zero-order chi connectivity index (χ0) is 10.1. The van der Waals surface area contributed by atoms with Crippen molar-refractivity contribution in [1.82, 2.24) is 15.1 Å². The van der Waals surface area contributed by atoms with Crippen molar-refractivity contribution in [2.24, 2.45) is 5.73 Å². The van der Waals surface area contributed by atoms with Crippen molar-refractivity contribution >= 4 is 11.7 Å². The van der Waals surface area contributed by atoms with E-state index in [-0.39, 0.29) is 11.9 Å². The summed E-state index contributed by atoms with van der Waals surface area (Å²) in [5.74, 6) is 0.222. The van der Waals surface area contributed by atoms with Gasteiger partial charge < -0.3 is 16.4 Å². The van der Waals surface area contributed by atoms with Crippen molar-refractivity contribution in [2.45, 2.75) is 12.5 Å².